The van der Waals surface area contributed by atoms with Crippen molar-refractivity contribution in [1.82, 2.24) is 15.2 Å². The van der Waals surface area contributed by atoms with Gasteiger partial charge in [-0.1, -0.05) is 19.9 Å². The van der Waals surface area contributed by atoms with Crippen LogP contribution in [0.15, 0.2) is 24.5 Å². The molecule has 6 nitrogen and oxygen atoms in total. The second kappa shape index (κ2) is 11.7. The SMILES string of the molecule is CC(C)C1(CNC(=O)OC(C)(C)CCSC2CCCN2Cc2cccnc2)CCOCC1. The zero-order valence-corrected chi connectivity index (χ0v) is 21.1. The minimum absolute atomic E-state index is 0.109. The molecule has 1 amide bonds. The van der Waals surface area contributed by atoms with Gasteiger partial charge < -0.3 is 14.8 Å². The van der Waals surface area contributed by atoms with Crippen LogP contribution in [0, 0.1) is 11.3 Å². The number of nitrogens with one attached hydrogen (secondary N) is 1. The van der Waals surface area contributed by atoms with E-state index in [0.717, 1.165) is 51.3 Å². The van der Waals surface area contributed by atoms with Gasteiger partial charge in [0, 0.05) is 38.7 Å². The van der Waals surface area contributed by atoms with Crippen LogP contribution in [0.25, 0.3) is 0 Å². The number of likely N-dealkylation sites (tertiary alicyclic amines) is 1. The maximum Gasteiger partial charge on any atom is 0.407 e. The Balaban J connectivity index is 1.40. The number of aromatic nitrogens is 1. The zero-order valence-electron chi connectivity index (χ0n) is 20.3. The summed E-state index contributed by atoms with van der Waals surface area (Å²) in [6.45, 7) is 12.8. The van der Waals surface area contributed by atoms with Crippen LogP contribution < -0.4 is 5.32 Å². The fourth-order valence-corrected chi connectivity index (χ4v) is 6.26. The Kier molecular flexibility index (Phi) is 9.26. The molecule has 0 aliphatic carbocycles. The number of pyridine rings is 1. The third kappa shape index (κ3) is 7.35. The lowest BCUT2D eigenvalue weighted by Gasteiger charge is -2.41. The Bertz CT molecular complexity index is 708. The summed E-state index contributed by atoms with van der Waals surface area (Å²) >= 11 is 1.98. The molecule has 2 aliphatic rings. The molecule has 180 valence electrons. The Labute approximate surface area is 198 Å². The quantitative estimate of drug-likeness (QED) is 0.522. The van der Waals surface area contributed by atoms with E-state index in [2.05, 4.69) is 35.1 Å². The van der Waals surface area contributed by atoms with Crippen LogP contribution in [0.2, 0.25) is 0 Å². The number of thioether (sulfide) groups is 1. The van der Waals surface area contributed by atoms with E-state index in [1.54, 1.807) is 0 Å². The number of hydrogen-bond donors (Lipinski definition) is 1. The van der Waals surface area contributed by atoms with Crippen molar-refractivity contribution < 1.29 is 14.3 Å². The molecule has 32 heavy (non-hydrogen) atoms. The highest BCUT2D eigenvalue weighted by molar-refractivity contribution is 7.99. The molecule has 1 aromatic rings. The van der Waals surface area contributed by atoms with Gasteiger partial charge in [-0.15, -0.1) is 11.8 Å². The number of amides is 1. The highest BCUT2D eigenvalue weighted by Crippen LogP contribution is 2.37. The molecule has 0 spiro atoms. The molecule has 1 unspecified atom stereocenters. The molecular weight excluding hydrogens is 422 g/mol. The molecule has 3 heterocycles. The van der Waals surface area contributed by atoms with Crippen LogP contribution in [0.5, 0.6) is 0 Å². The molecule has 0 saturated carbocycles. The van der Waals surface area contributed by atoms with Gasteiger partial charge in [-0.05, 0) is 81.2 Å². The van der Waals surface area contributed by atoms with E-state index in [4.69, 9.17) is 9.47 Å². The average Bonchev–Trinajstić information content (AvgIpc) is 3.20. The van der Waals surface area contributed by atoms with Crippen LogP contribution in [-0.2, 0) is 16.0 Å². The summed E-state index contributed by atoms with van der Waals surface area (Å²) in [4.78, 5) is 19.3. The predicted octanol–water partition coefficient (Wildman–Crippen LogP) is 5.08. The Morgan fingerprint density at radius 1 is 1.41 bits per heavy atom. The highest BCUT2D eigenvalue weighted by atomic mass is 32.2. The lowest BCUT2D eigenvalue weighted by atomic mass is 9.71. The second-order valence-electron chi connectivity index (χ2n) is 10.2. The molecule has 1 aromatic heterocycles. The van der Waals surface area contributed by atoms with Crippen LogP contribution in [0.3, 0.4) is 0 Å². The van der Waals surface area contributed by atoms with E-state index in [-0.39, 0.29) is 11.5 Å². The van der Waals surface area contributed by atoms with E-state index < -0.39 is 5.60 Å². The maximum absolute atomic E-state index is 12.6. The molecule has 0 radical (unpaired) electrons. The van der Waals surface area contributed by atoms with Gasteiger partial charge in [-0.25, -0.2) is 4.79 Å². The first-order chi connectivity index (χ1) is 15.3. The molecule has 1 atom stereocenters. The number of carbonyl (C=O) groups is 1. The largest absolute Gasteiger partial charge is 0.444 e. The summed E-state index contributed by atoms with van der Waals surface area (Å²) in [5.74, 6) is 1.47. The van der Waals surface area contributed by atoms with Gasteiger partial charge in [0.15, 0.2) is 0 Å². The summed E-state index contributed by atoms with van der Waals surface area (Å²) in [5.41, 5.74) is 0.895. The number of nitrogens with zero attached hydrogens (tertiary/aromatic N) is 2. The first-order valence-corrected chi connectivity index (χ1v) is 13.1. The van der Waals surface area contributed by atoms with Gasteiger partial charge in [0.05, 0.1) is 5.37 Å². The summed E-state index contributed by atoms with van der Waals surface area (Å²) < 4.78 is 11.4. The molecule has 2 saturated heterocycles. The fraction of sp³-hybridized carbons (Fsp3) is 0.760. The van der Waals surface area contributed by atoms with Crippen molar-refractivity contribution in [2.24, 2.45) is 11.3 Å². The van der Waals surface area contributed by atoms with Crippen LogP contribution in [0.4, 0.5) is 4.79 Å². The van der Waals surface area contributed by atoms with E-state index in [1.807, 2.05) is 44.1 Å². The van der Waals surface area contributed by atoms with Gasteiger partial charge in [0.2, 0.25) is 0 Å². The van der Waals surface area contributed by atoms with Crippen molar-refractivity contribution in [3.63, 3.8) is 0 Å². The van der Waals surface area contributed by atoms with Crippen molar-refractivity contribution in [1.29, 1.82) is 0 Å². The Morgan fingerprint density at radius 2 is 2.19 bits per heavy atom. The minimum atomic E-state index is -0.482. The van der Waals surface area contributed by atoms with E-state index in [0.29, 0.717) is 17.8 Å². The fourth-order valence-electron chi connectivity index (χ4n) is 4.65. The molecule has 2 aliphatic heterocycles. The molecule has 0 aromatic carbocycles. The van der Waals surface area contributed by atoms with Crippen LogP contribution in [-0.4, -0.2) is 59.0 Å². The van der Waals surface area contributed by atoms with Crippen molar-refractivity contribution in [3.05, 3.63) is 30.1 Å². The molecule has 2 fully saturated rings. The van der Waals surface area contributed by atoms with Crippen molar-refractivity contribution >= 4 is 17.9 Å². The number of rotatable bonds is 10. The summed E-state index contributed by atoms with van der Waals surface area (Å²) in [6.07, 6.45) is 8.75. The second-order valence-corrected chi connectivity index (χ2v) is 11.5. The third-order valence-electron chi connectivity index (χ3n) is 7.09. The third-order valence-corrected chi connectivity index (χ3v) is 8.45. The maximum atomic E-state index is 12.6. The highest BCUT2D eigenvalue weighted by Gasteiger charge is 2.36. The lowest BCUT2D eigenvalue weighted by molar-refractivity contribution is -0.0137. The monoisotopic (exact) mass is 463 g/mol. The lowest BCUT2D eigenvalue weighted by Crippen LogP contribution is -2.46. The number of alkyl carbamates (subject to hydrolysis) is 1. The normalized spacial score (nSPS) is 21.6. The molecule has 1 N–H and O–H groups in total. The topological polar surface area (TPSA) is 63.7 Å². The summed E-state index contributed by atoms with van der Waals surface area (Å²) in [7, 11) is 0. The molecular formula is C25H41N3O3S. The van der Waals surface area contributed by atoms with Gasteiger partial charge >= 0.3 is 6.09 Å². The van der Waals surface area contributed by atoms with Crippen molar-refractivity contribution in [3.8, 4) is 0 Å². The number of hydrogen-bond acceptors (Lipinski definition) is 6. The van der Waals surface area contributed by atoms with Crippen molar-refractivity contribution in [2.75, 3.05) is 32.1 Å². The number of ether oxygens (including phenoxy) is 2. The summed E-state index contributed by atoms with van der Waals surface area (Å²) in [6, 6.07) is 4.15. The molecule has 0 bridgehead atoms. The standard InChI is InChI=1S/C25H41N3O3S/c1-20(2)25(9-14-30-15-10-25)19-27-23(29)31-24(3,4)11-16-32-22-8-6-13-28(22)18-21-7-5-12-26-17-21/h5,7,12,17,20,22H,6,8-11,13-16,18-19H2,1-4H3,(H,27,29). The van der Waals surface area contributed by atoms with E-state index in [9.17, 15) is 4.79 Å². The minimum Gasteiger partial charge on any atom is -0.444 e. The van der Waals surface area contributed by atoms with Gasteiger partial charge in [0.25, 0.3) is 0 Å². The average molecular weight is 464 g/mol. The van der Waals surface area contributed by atoms with Crippen LogP contribution in [0.1, 0.15) is 65.4 Å². The van der Waals surface area contributed by atoms with Gasteiger partial charge in [-0.3, -0.25) is 9.88 Å². The van der Waals surface area contributed by atoms with Crippen molar-refractivity contribution in [2.45, 2.75) is 77.3 Å². The van der Waals surface area contributed by atoms with Gasteiger partial charge in [-0.2, -0.15) is 0 Å². The Hall–Kier alpha value is -1.31. The van der Waals surface area contributed by atoms with Gasteiger partial charge in [0.1, 0.15) is 5.60 Å². The first-order valence-electron chi connectivity index (χ1n) is 12.1. The van der Waals surface area contributed by atoms with E-state index in [1.165, 1.54) is 18.4 Å². The smallest absolute Gasteiger partial charge is 0.407 e. The zero-order chi connectivity index (χ0) is 23.0. The predicted molar refractivity (Wildman–Crippen MR) is 131 cm³/mol. The Morgan fingerprint density at radius 3 is 2.88 bits per heavy atom. The number of carbonyl (C=O) groups excluding carboxylic acids is 1. The van der Waals surface area contributed by atoms with Crippen LogP contribution >= 0.6 is 11.8 Å². The summed E-state index contributed by atoms with van der Waals surface area (Å²) in [5, 5.41) is 3.59. The first kappa shape index (κ1) is 25.3. The molecule has 7 heteroatoms. The van der Waals surface area contributed by atoms with E-state index >= 15 is 0 Å². The molecule has 3 rings (SSSR count).